The summed E-state index contributed by atoms with van der Waals surface area (Å²) in [4.78, 5) is 18.0. The van der Waals surface area contributed by atoms with Crippen LogP contribution in [0.4, 0.5) is 11.4 Å². The molecule has 0 saturated heterocycles. The van der Waals surface area contributed by atoms with E-state index in [0.717, 1.165) is 11.4 Å². The van der Waals surface area contributed by atoms with E-state index in [0.29, 0.717) is 0 Å². The Balaban J connectivity index is 0.000000469. The molecule has 8 heteroatoms. The van der Waals surface area contributed by atoms with Gasteiger partial charge in [0.2, 0.25) is 11.4 Å². The van der Waals surface area contributed by atoms with Crippen LogP contribution in [0, 0.1) is 0 Å². The zero-order valence-electron chi connectivity index (χ0n) is 17.6. The second kappa shape index (κ2) is 9.21. The van der Waals surface area contributed by atoms with Crippen molar-refractivity contribution >= 4 is 35.2 Å². The smallest absolute Gasteiger partial charge is 0.351 e. The first-order valence-electron chi connectivity index (χ1n) is 9.16. The van der Waals surface area contributed by atoms with Gasteiger partial charge in [-0.3, -0.25) is 5.01 Å². The van der Waals surface area contributed by atoms with Gasteiger partial charge in [-0.25, -0.2) is 4.79 Å². The number of para-hydroxylation sites is 1. The Kier molecular flexibility index (Phi) is 6.94. The predicted octanol–water partition coefficient (Wildman–Crippen LogP) is 1.64. The van der Waals surface area contributed by atoms with Gasteiger partial charge in [-0.15, -0.1) is 0 Å². The van der Waals surface area contributed by atoms with Gasteiger partial charge in [0, 0.05) is 18.7 Å². The number of methoxy groups -OCH3 is 1. The van der Waals surface area contributed by atoms with Crippen molar-refractivity contribution in [1.29, 1.82) is 0 Å². The molecular weight excluding hydrogens is 386 g/mol. The van der Waals surface area contributed by atoms with Gasteiger partial charge in [0.25, 0.3) is 0 Å². The summed E-state index contributed by atoms with van der Waals surface area (Å²) in [5.41, 5.74) is 4.72. The zero-order valence-corrected chi connectivity index (χ0v) is 17.6. The van der Waals surface area contributed by atoms with Crippen molar-refractivity contribution in [2.75, 3.05) is 26.2 Å². The molecule has 0 aliphatic carbocycles. The Hall–Kier alpha value is -3.68. The molecule has 0 amide bonds. The van der Waals surface area contributed by atoms with E-state index in [1.807, 2.05) is 42.5 Å². The van der Waals surface area contributed by atoms with Gasteiger partial charge in [-0.05, 0) is 38.1 Å². The molecule has 0 aromatic heterocycles. The number of benzene rings is 2. The average Bonchev–Trinajstić information content (AvgIpc) is 2.92. The van der Waals surface area contributed by atoms with E-state index in [1.54, 1.807) is 7.11 Å². The Labute approximate surface area is 175 Å². The van der Waals surface area contributed by atoms with E-state index in [2.05, 4.69) is 54.8 Å². The molecule has 8 nitrogen and oxygen atoms in total. The fraction of sp³-hybridized carbons (Fsp3) is 0.273. The van der Waals surface area contributed by atoms with Gasteiger partial charge in [0.15, 0.2) is 5.97 Å². The third-order valence-corrected chi connectivity index (χ3v) is 4.91. The zero-order chi connectivity index (χ0) is 22.5. The van der Waals surface area contributed by atoms with Crippen LogP contribution in [-0.4, -0.2) is 54.8 Å². The lowest BCUT2D eigenvalue weighted by molar-refractivity contribution is -0.400. The van der Waals surface area contributed by atoms with Crippen LogP contribution in [-0.2, 0) is 15.0 Å². The molecule has 3 rings (SSSR count). The van der Waals surface area contributed by atoms with Gasteiger partial charge < -0.3 is 19.7 Å². The van der Waals surface area contributed by atoms with Gasteiger partial charge in [-0.1, -0.05) is 18.2 Å². The quantitative estimate of drug-likeness (QED) is 0.355. The first kappa shape index (κ1) is 22.6. The number of rotatable bonds is 4. The number of ether oxygens (including phenoxy) is 1. The number of hydrogen-bond acceptors (Lipinski definition) is 6. The van der Waals surface area contributed by atoms with Crippen molar-refractivity contribution in [3.8, 4) is 5.75 Å². The number of hydrogen-bond donors (Lipinski definition) is 1. The monoisotopic (exact) mass is 411 g/mol. The van der Waals surface area contributed by atoms with Crippen LogP contribution >= 0.6 is 0 Å². The molecule has 1 aliphatic heterocycles. The number of aliphatic carboxylic acids is 2. The lowest BCUT2D eigenvalue weighted by Gasteiger charge is -2.16. The molecule has 0 bridgehead atoms. The Bertz CT molecular complexity index is 982. The summed E-state index contributed by atoms with van der Waals surface area (Å²) in [6.07, 6.45) is 1.96. The average molecular weight is 411 g/mol. The van der Waals surface area contributed by atoms with Crippen LogP contribution in [0.1, 0.15) is 19.4 Å². The highest BCUT2D eigenvalue weighted by Gasteiger charge is 2.43. The summed E-state index contributed by atoms with van der Waals surface area (Å²) < 4.78 is 7.42. The number of carboxylic acid groups (broad SMARTS) is 2. The van der Waals surface area contributed by atoms with Crippen LogP contribution in [0.2, 0.25) is 0 Å². The highest BCUT2D eigenvalue weighted by Crippen LogP contribution is 2.38. The minimum absolute atomic E-state index is 0.0599. The van der Waals surface area contributed by atoms with Gasteiger partial charge in [0.1, 0.15) is 19.0 Å². The molecule has 2 aromatic carbocycles. The summed E-state index contributed by atoms with van der Waals surface area (Å²) in [5.74, 6) is -3.16. The molecule has 30 heavy (non-hydrogen) atoms. The van der Waals surface area contributed by atoms with E-state index in [-0.39, 0.29) is 5.41 Å². The summed E-state index contributed by atoms with van der Waals surface area (Å²) in [6.45, 7) is 4.48. The van der Waals surface area contributed by atoms with Crippen molar-refractivity contribution in [3.63, 3.8) is 0 Å². The summed E-state index contributed by atoms with van der Waals surface area (Å²) in [5, 5.41) is 22.8. The maximum Gasteiger partial charge on any atom is 0.351 e. The number of anilines is 1. The van der Waals surface area contributed by atoms with E-state index < -0.39 is 11.9 Å². The lowest BCUT2D eigenvalue weighted by Crippen LogP contribution is -2.30. The first-order valence-corrected chi connectivity index (χ1v) is 9.16. The van der Waals surface area contributed by atoms with Gasteiger partial charge in [-0.2, -0.15) is 9.68 Å². The van der Waals surface area contributed by atoms with Crippen molar-refractivity contribution in [3.05, 3.63) is 54.1 Å². The fourth-order valence-electron chi connectivity index (χ4n) is 3.24. The molecule has 2 aromatic rings. The molecule has 0 spiro atoms. The van der Waals surface area contributed by atoms with E-state index in [4.69, 9.17) is 24.5 Å². The van der Waals surface area contributed by atoms with Crippen LogP contribution in [0.15, 0.2) is 53.6 Å². The SMILES string of the molecule is COc1ccc(N(C)N=CC2=[N+](C)c3ccccc3C2(C)C)cc1.O=C([O-])C(=O)O. The maximum absolute atomic E-state index is 9.04. The van der Waals surface area contributed by atoms with Crippen LogP contribution in [0.3, 0.4) is 0 Å². The molecule has 158 valence electrons. The minimum atomic E-state index is -2.07. The molecule has 1 N–H and O–H groups in total. The first-order chi connectivity index (χ1) is 14.1. The van der Waals surface area contributed by atoms with Gasteiger partial charge in [0.05, 0.1) is 18.2 Å². The summed E-state index contributed by atoms with van der Waals surface area (Å²) >= 11 is 0. The van der Waals surface area contributed by atoms with Crippen LogP contribution in [0.5, 0.6) is 5.75 Å². The Morgan fingerprint density at radius 1 is 1.17 bits per heavy atom. The van der Waals surface area contributed by atoms with Crippen molar-refractivity contribution in [2.45, 2.75) is 19.3 Å². The highest BCUT2D eigenvalue weighted by molar-refractivity contribution is 6.33. The summed E-state index contributed by atoms with van der Waals surface area (Å²) in [7, 11) is 5.72. The fourth-order valence-corrected chi connectivity index (χ4v) is 3.24. The standard InChI is InChI=1S/C20H24N3O.C2H2O4/c1-20(2)17-8-6-7-9-18(17)22(3)19(20)14-21-23(4)15-10-12-16(24-5)13-11-15;3-1(4)2(5)6/h6-14H,1-5H3;(H,3,4)(H,5,6)/q+1;/p-1. The third-order valence-electron chi connectivity index (χ3n) is 4.91. The van der Waals surface area contributed by atoms with Crippen LogP contribution < -0.4 is 14.9 Å². The Morgan fingerprint density at radius 2 is 1.73 bits per heavy atom. The summed E-state index contributed by atoms with van der Waals surface area (Å²) in [6, 6.07) is 16.4. The second-order valence-corrected chi connectivity index (χ2v) is 7.15. The van der Waals surface area contributed by atoms with Crippen molar-refractivity contribution in [1.82, 2.24) is 0 Å². The molecule has 1 aliphatic rings. The molecule has 1 heterocycles. The molecule has 0 unspecified atom stereocenters. The predicted molar refractivity (Wildman–Crippen MR) is 113 cm³/mol. The number of carbonyl (C=O) groups is 2. The van der Waals surface area contributed by atoms with E-state index in [9.17, 15) is 0 Å². The highest BCUT2D eigenvalue weighted by atomic mass is 16.5. The van der Waals surface area contributed by atoms with Gasteiger partial charge >= 0.3 is 5.97 Å². The third kappa shape index (κ3) is 4.83. The molecule has 0 radical (unpaired) electrons. The molecule has 0 atom stereocenters. The lowest BCUT2D eigenvalue weighted by atomic mass is 9.82. The number of fused-ring (bicyclic) bond motifs is 1. The number of carboxylic acids is 2. The number of carbonyl (C=O) groups excluding carboxylic acids is 1. The van der Waals surface area contributed by atoms with Crippen LogP contribution in [0.25, 0.3) is 0 Å². The Morgan fingerprint density at radius 3 is 2.23 bits per heavy atom. The topological polar surface area (TPSA) is 105 Å². The normalized spacial score (nSPS) is 14.0. The number of nitrogens with zero attached hydrogens (tertiary/aromatic N) is 3. The second-order valence-electron chi connectivity index (χ2n) is 7.15. The minimum Gasteiger partial charge on any atom is -0.539 e. The van der Waals surface area contributed by atoms with Crippen molar-refractivity contribution < 1.29 is 29.1 Å². The number of hydrazone groups is 1. The van der Waals surface area contributed by atoms with E-state index >= 15 is 0 Å². The van der Waals surface area contributed by atoms with E-state index in [1.165, 1.54) is 17.0 Å². The maximum atomic E-state index is 9.04. The molecule has 0 fully saturated rings. The molecular formula is C22H25N3O5. The largest absolute Gasteiger partial charge is 0.539 e. The van der Waals surface area contributed by atoms with Crippen molar-refractivity contribution in [2.24, 2.45) is 5.10 Å². The molecule has 0 saturated carbocycles.